The van der Waals surface area contributed by atoms with Gasteiger partial charge in [-0.2, -0.15) is 0 Å². The first-order chi connectivity index (χ1) is 8.08. The third-order valence-corrected chi connectivity index (χ3v) is 2.91. The SMILES string of the molecule is C/C(=C/CCNC(C)C)Cc1ccc(Br)cn1. The monoisotopic (exact) mass is 296 g/mol. The first-order valence-corrected chi connectivity index (χ1v) is 6.86. The van der Waals surface area contributed by atoms with Crippen LogP contribution in [0.2, 0.25) is 0 Å². The number of rotatable bonds is 6. The molecule has 0 unspecified atom stereocenters. The molecule has 0 bridgehead atoms. The van der Waals surface area contributed by atoms with Crippen LogP contribution in [0.15, 0.2) is 34.5 Å². The Morgan fingerprint density at radius 1 is 1.47 bits per heavy atom. The van der Waals surface area contributed by atoms with Gasteiger partial charge in [-0.15, -0.1) is 0 Å². The predicted molar refractivity (Wildman–Crippen MR) is 77.2 cm³/mol. The first-order valence-electron chi connectivity index (χ1n) is 6.07. The van der Waals surface area contributed by atoms with Crippen molar-refractivity contribution < 1.29 is 0 Å². The number of nitrogens with one attached hydrogen (secondary N) is 1. The zero-order valence-corrected chi connectivity index (χ0v) is 12.4. The van der Waals surface area contributed by atoms with E-state index in [4.69, 9.17) is 0 Å². The smallest absolute Gasteiger partial charge is 0.0444 e. The molecule has 0 amide bonds. The normalized spacial score (nSPS) is 12.2. The minimum Gasteiger partial charge on any atom is -0.314 e. The van der Waals surface area contributed by atoms with Crippen LogP contribution in [0.3, 0.4) is 0 Å². The minimum absolute atomic E-state index is 0.567. The van der Waals surface area contributed by atoms with Gasteiger partial charge < -0.3 is 5.32 Å². The van der Waals surface area contributed by atoms with Crippen molar-refractivity contribution >= 4 is 15.9 Å². The van der Waals surface area contributed by atoms with Crippen molar-refractivity contribution in [3.63, 3.8) is 0 Å². The molecule has 1 aromatic rings. The van der Waals surface area contributed by atoms with Crippen molar-refractivity contribution in [1.29, 1.82) is 0 Å². The average Bonchev–Trinajstić information content (AvgIpc) is 2.27. The van der Waals surface area contributed by atoms with Crippen molar-refractivity contribution in [3.05, 3.63) is 40.1 Å². The number of pyridine rings is 1. The molecule has 0 aliphatic rings. The molecule has 1 rings (SSSR count). The summed E-state index contributed by atoms with van der Waals surface area (Å²) in [5.74, 6) is 0. The fraction of sp³-hybridized carbons (Fsp3) is 0.500. The van der Waals surface area contributed by atoms with Crippen molar-refractivity contribution in [2.75, 3.05) is 6.54 Å². The van der Waals surface area contributed by atoms with Crippen LogP contribution in [0.4, 0.5) is 0 Å². The van der Waals surface area contributed by atoms with E-state index in [0.29, 0.717) is 6.04 Å². The lowest BCUT2D eigenvalue weighted by atomic mass is 10.1. The number of hydrogen-bond donors (Lipinski definition) is 1. The second-order valence-electron chi connectivity index (χ2n) is 4.59. The summed E-state index contributed by atoms with van der Waals surface area (Å²) in [6.07, 6.45) is 6.16. The van der Waals surface area contributed by atoms with Crippen LogP contribution in [0.5, 0.6) is 0 Å². The molecule has 3 heteroatoms. The van der Waals surface area contributed by atoms with E-state index < -0.39 is 0 Å². The minimum atomic E-state index is 0.567. The van der Waals surface area contributed by atoms with E-state index in [9.17, 15) is 0 Å². The third-order valence-electron chi connectivity index (χ3n) is 2.44. The van der Waals surface area contributed by atoms with Gasteiger partial charge in [0.25, 0.3) is 0 Å². The Hall–Kier alpha value is -0.670. The molecular weight excluding hydrogens is 276 g/mol. The molecule has 2 nitrogen and oxygen atoms in total. The quantitative estimate of drug-likeness (QED) is 0.639. The Balaban J connectivity index is 2.35. The van der Waals surface area contributed by atoms with E-state index in [-0.39, 0.29) is 0 Å². The second kappa shape index (κ2) is 7.62. The number of nitrogens with zero attached hydrogens (tertiary/aromatic N) is 1. The topological polar surface area (TPSA) is 24.9 Å². The van der Waals surface area contributed by atoms with E-state index in [1.807, 2.05) is 12.3 Å². The van der Waals surface area contributed by atoms with Crippen molar-refractivity contribution in [1.82, 2.24) is 10.3 Å². The molecular formula is C14H21BrN2. The highest BCUT2D eigenvalue weighted by Gasteiger charge is 1.96. The number of aromatic nitrogens is 1. The van der Waals surface area contributed by atoms with Gasteiger partial charge in [-0.05, 0) is 48.0 Å². The summed E-state index contributed by atoms with van der Waals surface area (Å²) in [7, 11) is 0. The Morgan fingerprint density at radius 3 is 2.82 bits per heavy atom. The maximum Gasteiger partial charge on any atom is 0.0444 e. The van der Waals surface area contributed by atoms with Gasteiger partial charge in [0.05, 0.1) is 0 Å². The second-order valence-corrected chi connectivity index (χ2v) is 5.51. The fourth-order valence-corrected chi connectivity index (χ4v) is 1.79. The van der Waals surface area contributed by atoms with Crippen LogP contribution in [0, 0.1) is 0 Å². The molecule has 0 aliphatic heterocycles. The maximum absolute atomic E-state index is 4.37. The molecule has 1 N–H and O–H groups in total. The Labute approximate surface area is 113 Å². The Kier molecular flexibility index (Phi) is 6.45. The van der Waals surface area contributed by atoms with Gasteiger partial charge in [0, 0.05) is 28.8 Å². The van der Waals surface area contributed by atoms with Gasteiger partial charge >= 0.3 is 0 Å². The summed E-state index contributed by atoms with van der Waals surface area (Å²) in [5.41, 5.74) is 2.50. The molecule has 0 aromatic carbocycles. The van der Waals surface area contributed by atoms with Crippen LogP contribution >= 0.6 is 15.9 Å². The van der Waals surface area contributed by atoms with Gasteiger partial charge in [0.15, 0.2) is 0 Å². The van der Waals surface area contributed by atoms with E-state index in [1.54, 1.807) is 0 Å². The summed E-state index contributed by atoms with van der Waals surface area (Å²) in [4.78, 5) is 4.37. The van der Waals surface area contributed by atoms with Gasteiger partial charge in [0.2, 0.25) is 0 Å². The lowest BCUT2D eigenvalue weighted by molar-refractivity contribution is 0.594. The van der Waals surface area contributed by atoms with Crippen LogP contribution in [0.1, 0.15) is 32.9 Å². The maximum atomic E-state index is 4.37. The standard InChI is InChI=1S/C14H21BrN2/c1-11(2)16-8-4-5-12(3)9-14-7-6-13(15)10-17-14/h5-7,10-11,16H,4,8-9H2,1-3H3/b12-5-. The van der Waals surface area contributed by atoms with Gasteiger partial charge in [0.1, 0.15) is 0 Å². The van der Waals surface area contributed by atoms with Crippen LogP contribution in [-0.4, -0.2) is 17.6 Å². The summed E-state index contributed by atoms with van der Waals surface area (Å²) in [6.45, 7) is 7.55. The highest BCUT2D eigenvalue weighted by molar-refractivity contribution is 9.10. The summed E-state index contributed by atoms with van der Waals surface area (Å²) in [5, 5.41) is 3.41. The fourth-order valence-electron chi connectivity index (χ4n) is 1.56. The molecule has 0 aliphatic carbocycles. The van der Waals surface area contributed by atoms with Crippen molar-refractivity contribution in [3.8, 4) is 0 Å². The molecule has 1 aromatic heterocycles. The lowest BCUT2D eigenvalue weighted by Crippen LogP contribution is -2.23. The third kappa shape index (κ3) is 6.59. The van der Waals surface area contributed by atoms with Gasteiger partial charge in [-0.3, -0.25) is 4.98 Å². The Bertz CT molecular complexity index is 355. The highest BCUT2D eigenvalue weighted by atomic mass is 79.9. The number of halogens is 1. The Morgan fingerprint density at radius 2 is 2.24 bits per heavy atom. The molecule has 94 valence electrons. The van der Waals surface area contributed by atoms with Crippen LogP contribution in [0.25, 0.3) is 0 Å². The van der Waals surface area contributed by atoms with Crippen LogP contribution < -0.4 is 5.32 Å². The average molecular weight is 297 g/mol. The summed E-state index contributed by atoms with van der Waals surface area (Å²) in [6, 6.07) is 4.67. The molecule has 0 fully saturated rings. The van der Waals surface area contributed by atoms with E-state index in [2.05, 4.69) is 59.1 Å². The molecule has 0 atom stereocenters. The first kappa shape index (κ1) is 14.4. The van der Waals surface area contributed by atoms with E-state index in [0.717, 1.165) is 29.6 Å². The molecule has 1 heterocycles. The molecule has 0 saturated heterocycles. The van der Waals surface area contributed by atoms with E-state index >= 15 is 0 Å². The largest absolute Gasteiger partial charge is 0.314 e. The summed E-state index contributed by atoms with van der Waals surface area (Å²) >= 11 is 3.39. The zero-order chi connectivity index (χ0) is 12.7. The van der Waals surface area contributed by atoms with Crippen molar-refractivity contribution in [2.24, 2.45) is 0 Å². The van der Waals surface area contributed by atoms with Gasteiger partial charge in [-0.1, -0.05) is 25.5 Å². The predicted octanol–water partition coefficient (Wildman–Crippen LogP) is 3.72. The lowest BCUT2D eigenvalue weighted by Gasteiger charge is -2.06. The molecule has 0 spiro atoms. The number of allylic oxidation sites excluding steroid dienone is 1. The molecule has 0 saturated carbocycles. The van der Waals surface area contributed by atoms with E-state index in [1.165, 1.54) is 5.57 Å². The molecule has 0 radical (unpaired) electrons. The van der Waals surface area contributed by atoms with Crippen molar-refractivity contribution in [2.45, 2.75) is 39.7 Å². The molecule has 17 heavy (non-hydrogen) atoms. The zero-order valence-electron chi connectivity index (χ0n) is 10.8. The van der Waals surface area contributed by atoms with Crippen LogP contribution in [-0.2, 0) is 6.42 Å². The highest BCUT2D eigenvalue weighted by Crippen LogP contribution is 2.10. The summed E-state index contributed by atoms with van der Waals surface area (Å²) < 4.78 is 1.03. The number of hydrogen-bond acceptors (Lipinski definition) is 2. The van der Waals surface area contributed by atoms with Gasteiger partial charge in [-0.25, -0.2) is 0 Å².